The van der Waals surface area contributed by atoms with Crippen molar-refractivity contribution in [2.75, 3.05) is 19.0 Å². The number of rotatable bonds is 7. The highest BCUT2D eigenvalue weighted by atomic mass is 16.5. The Hall–Kier alpha value is -3.02. The van der Waals surface area contributed by atoms with E-state index in [1.807, 2.05) is 26.0 Å². The van der Waals surface area contributed by atoms with Crippen LogP contribution in [0.15, 0.2) is 42.5 Å². The third kappa shape index (κ3) is 4.99. The number of carbonyl (C=O) groups is 2. The zero-order valence-corrected chi connectivity index (χ0v) is 15.4. The van der Waals surface area contributed by atoms with Crippen LogP contribution < -0.4 is 14.8 Å². The van der Waals surface area contributed by atoms with E-state index in [1.54, 1.807) is 24.3 Å². The Balaban J connectivity index is 2.02. The molecule has 2 aromatic carbocycles. The van der Waals surface area contributed by atoms with Crippen LogP contribution in [0.3, 0.4) is 0 Å². The van der Waals surface area contributed by atoms with Gasteiger partial charge in [-0.15, -0.1) is 0 Å². The maximum absolute atomic E-state index is 12.3. The van der Waals surface area contributed by atoms with Gasteiger partial charge in [0.05, 0.1) is 19.3 Å². The minimum absolute atomic E-state index is 0.282. The second-order valence-electron chi connectivity index (χ2n) is 5.70. The molecule has 0 saturated carbocycles. The van der Waals surface area contributed by atoms with Gasteiger partial charge in [-0.2, -0.15) is 0 Å². The molecule has 26 heavy (non-hydrogen) atoms. The van der Waals surface area contributed by atoms with Crippen molar-refractivity contribution in [1.29, 1.82) is 0 Å². The van der Waals surface area contributed by atoms with Crippen molar-refractivity contribution >= 4 is 17.6 Å². The standard InChI is InChI=1S/C20H23NO5/c1-5-25-18-12-15(8-11-17(18)24-4)20(23)26-14(3)19(22)21-16-9-6-13(2)7-10-16/h6-12,14H,5H2,1-4H3,(H,21,22)/t14-/m1/s1. The summed E-state index contributed by atoms with van der Waals surface area (Å²) < 4.78 is 15.9. The summed E-state index contributed by atoms with van der Waals surface area (Å²) in [6.45, 7) is 5.75. The number of hydrogen-bond acceptors (Lipinski definition) is 5. The van der Waals surface area contributed by atoms with Gasteiger partial charge in [0.2, 0.25) is 0 Å². The van der Waals surface area contributed by atoms with Crippen LogP contribution in [0.25, 0.3) is 0 Å². The van der Waals surface area contributed by atoms with Gasteiger partial charge in [0.25, 0.3) is 5.91 Å². The molecule has 1 amide bonds. The molecular weight excluding hydrogens is 334 g/mol. The second-order valence-corrected chi connectivity index (χ2v) is 5.70. The monoisotopic (exact) mass is 357 g/mol. The quantitative estimate of drug-likeness (QED) is 0.767. The summed E-state index contributed by atoms with van der Waals surface area (Å²) in [5.74, 6) is -0.0457. The zero-order valence-electron chi connectivity index (χ0n) is 15.4. The van der Waals surface area contributed by atoms with E-state index < -0.39 is 18.0 Å². The molecule has 0 aliphatic rings. The Labute approximate surface area is 153 Å². The first-order valence-electron chi connectivity index (χ1n) is 8.34. The average Bonchev–Trinajstić information content (AvgIpc) is 2.63. The smallest absolute Gasteiger partial charge is 0.339 e. The maximum Gasteiger partial charge on any atom is 0.339 e. The van der Waals surface area contributed by atoms with E-state index in [2.05, 4.69) is 5.32 Å². The van der Waals surface area contributed by atoms with E-state index in [9.17, 15) is 9.59 Å². The molecule has 0 saturated heterocycles. The molecule has 1 N–H and O–H groups in total. The lowest BCUT2D eigenvalue weighted by atomic mass is 10.2. The predicted octanol–water partition coefficient (Wildman–Crippen LogP) is 3.59. The van der Waals surface area contributed by atoms with Crippen molar-refractivity contribution in [3.8, 4) is 11.5 Å². The van der Waals surface area contributed by atoms with Crippen molar-refractivity contribution in [2.24, 2.45) is 0 Å². The summed E-state index contributed by atoms with van der Waals surface area (Å²) >= 11 is 0. The Morgan fingerprint density at radius 2 is 1.77 bits per heavy atom. The van der Waals surface area contributed by atoms with Gasteiger partial charge in [-0.05, 0) is 51.1 Å². The first-order chi connectivity index (χ1) is 12.4. The maximum atomic E-state index is 12.3. The predicted molar refractivity (Wildman–Crippen MR) is 98.8 cm³/mol. The van der Waals surface area contributed by atoms with Gasteiger partial charge in [-0.25, -0.2) is 4.79 Å². The molecule has 0 unspecified atom stereocenters. The molecular formula is C20H23NO5. The lowest BCUT2D eigenvalue weighted by Gasteiger charge is -2.15. The molecule has 0 heterocycles. The van der Waals surface area contributed by atoms with E-state index in [1.165, 1.54) is 20.1 Å². The van der Waals surface area contributed by atoms with Crippen molar-refractivity contribution in [1.82, 2.24) is 0 Å². The third-order valence-corrected chi connectivity index (χ3v) is 3.67. The van der Waals surface area contributed by atoms with Gasteiger partial charge in [0, 0.05) is 5.69 Å². The van der Waals surface area contributed by atoms with Crippen molar-refractivity contribution in [2.45, 2.75) is 26.9 Å². The molecule has 2 aromatic rings. The highest BCUT2D eigenvalue weighted by molar-refractivity contribution is 5.97. The Morgan fingerprint density at radius 1 is 1.08 bits per heavy atom. The number of amides is 1. The minimum Gasteiger partial charge on any atom is -0.493 e. The number of nitrogens with one attached hydrogen (secondary N) is 1. The summed E-state index contributed by atoms with van der Waals surface area (Å²) in [6, 6.07) is 12.1. The summed E-state index contributed by atoms with van der Waals surface area (Å²) in [4.78, 5) is 24.5. The molecule has 0 spiro atoms. The molecule has 1 atom stereocenters. The first-order valence-corrected chi connectivity index (χ1v) is 8.34. The first kappa shape index (κ1) is 19.3. The topological polar surface area (TPSA) is 73.9 Å². The summed E-state index contributed by atoms with van der Waals surface area (Å²) in [6.07, 6.45) is -0.943. The van der Waals surface area contributed by atoms with Gasteiger partial charge >= 0.3 is 5.97 Å². The molecule has 0 fully saturated rings. The molecule has 2 rings (SSSR count). The van der Waals surface area contributed by atoms with Crippen molar-refractivity contribution in [3.05, 3.63) is 53.6 Å². The zero-order chi connectivity index (χ0) is 19.1. The highest BCUT2D eigenvalue weighted by Gasteiger charge is 2.20. The number of carbonyl (C=O) groups excluding carboxylic acids is 2. The van der Waals surface area contributed by atoms with Crippen LogP contribution in [0, 0.1) is 6.92 Å². The van der Waals surface area contributed by atoms with Crippen LogP contribution in [-0.2, 0) is 9.53 Å². The van der Waals surface area contributed by atoms with Crippen LogP contribution in [0.5, 0.6) is 11.5 Å². The fourth-order valence-electron chi connectivity index (χ4n) is 2.23. The Kier molecular flexibility index (Phi) is 6.60. The van der Waals surface area contributed by atoms with Gasteiger partial charge in [0.15, 0.2) is 17.6 Å². The molecule has 0 bridgehead atoms. The van der Waals surface area contributed by atoms with Gasteiger partial charge < -0.3 is 19.5 Å². The lowest BCUT2D eigenvalue weighted by molar-refractivity contribution is -0.123. The SMILES string of the molecule is CCOc1cc(C(=O)O[C@H](C)C(=O)Nc2ccc(C)cc2)ccc1OC. The van der Waals surface area contributed by atoms with Crippen LogP contribution >= 0.6 is 0 Å². The van der Waals surface area contributed by atoms with Crippen LogP contribution in [0.1, 0.15) is 29.8 Å². The molecule has 138 valence electrons. The highest BCUT2D eigenvalue weighted by Crippen LogP contribution is 2.28. The molecule has 6 nitrogen and oxygen atoms in total. The van der Waals surface area contributed by atoms with Crippen LogP contribution in [0.2, 0.25) is 0 Å². The van der Waals surface area contributed by atoms with Crippen LogP contribution in [-0.4, -0.2) is 31.7 Å². The van der Waals surface area contributed by atoms with Gasteiger partial charge in [-0.3, -0.25) is 4.79 Å². The molecule has 6 heteroatoms. The summed E-state index contributed by atoms with van der Waals surface area (Å²) in [5, 5.41) is 2.71. The Morgan fingerprint density at radius 3 is 2.38 bits per heavy atom. The molecule has 0 aliphatic carbocycles. The van der Waals surface area contributed by atoms with E-state index in [0.717, 1.165) is 5.56 Å². The van der Waals surface area contributed by atoms with Crippen LogP contribution in [0.4, 0.5) is 5.69 Å². The summed E-state index contributed by atoms with van der Waals surface area (Å²) in [5.41, 5.74) is 2.02. The largest absolute Gasteiger partial charge is 0.493 e. The molecule has 0 radical (unpaired) electrons. The van der Waals surface area contributed by atoms with E-state index in [-0.39, 0.29) is 5.56 Å². The molecule has 0 aliphatic heterocycles. The number of benzene rings is 2. The fraction of sp³-hybridized carbons (Fsp3) is 0.300. The number of aryl methyl sites for hydroxylation is 1. The number of ether oxygens (including phenoxy) is 3. The van der Waals surface area contributed by atoms with Gasteiger partial charge in [0.1, 0.15) is 0 Å². The van der Waals surface area contributed by atoms with E-state index >= 15 is 0 Å². The number of anilines is 1. The molecule has 0 aromatic heterocycles. The van der Waals surface area contributed by atoms with E-state index in [4.69, 9.17) is 14.2 Å². The minimum atomic E-state index is -0.943. The Bertz CT molecular complexity index is 770. The number of hydrogen-bond donors (Lipinski definition) is 1. The normalized spacial score (nSPS) is 11.4. The van der Waals surface area contributed by atoms with Gasteiger partial charge in [-0.1, -0.05) is 17.7 Å². The third-order valence-electron chi connectivity index (χ3n) is 3.67. The lowest BCUT2D eigenvalue weighted by Crippen LogP contribution is -2.30. The van der Waals surface area contributed by atoms with E-state index in [0.29, 0.717) is 23.8 Å². The fourth-order valence-corrected chi connectivity index (χ4v) is 2.23. The second kappa shape index (κ2) is 8.89. The number of methoxy groups -OCH3 is 1. The van der Waals surface area contributed by atoms with Crippen molar-refractivity contribution < 1.29 is 23.8 Å². The van der Waals surface area contributed by atoms with Crippen molar-refractivity contribution in [3.63, 3.8) is 0 Å². The summed E-state index contributed by atoms with van der Waals surface area (Å²) in [7, 11) is 1.52. The number of esters is 1. The average molecular weight is 357 g/mol.